The fraction of sp³-hybridized carbons (Fsp3) is 0.364. The van der Waals surface area contributed by atoms with Gasteiger partial charge in [-0.15, -0.1) is 0 Å². The van der Waals surface area contributed by atoms with Crippen LogP contribution in [0.15, 0.2) is 42.5 Å². The number of nitrogens with one attached hydrogen (secondary N) is 2. The van der Waals surface area contributed by atoms with E-state index in [4.69, 9.17) is 16.3 Å². The Bertz CT molecular complexity index is 939. The van der Waals surface area contributed by atoms with Crippen LogP contribution in [0.5, 0.6) is 5.75 Å². The molecule has 0 heterocycles. The molecule has 6 nitrogen and oxygen atoms in total. The van der Waals surface area contributed by atoms with Gasteiger partial charge in [-0.3, -0.25) is 9.59 Å². The zero-order chi connectivity index (χ0) is 24.4. The number of halogens is 5. The molecule has 0 saturated carbocycles. The highest BCUT2D eigenvalue weighted by Crippen LogP contribution is 2.29. The molecule has 180 valence electrons. The number of alkyl halides is 3. The number of ether oxygens (including phenoxy) is 1. The number of rotatable bonds is 11. The van der Waals surface area contributed by atoms with Crippen LogP contribution in [-0.4, -0.2) is 42.7 Å². The Morgan fingerprint density at radius 3 is 2.33 bits per heavy atom. The van der Waals surface area contributed by atoms with Crippen molar-refractivity contribution < 1.29 is 37.0 Å². The van der Waals surface area contributed by atoms with E-state index in [0.717, 1.165) is 18.2 Å². The molecule has 0 saturated heterocycles. The van der Waals surface area contributed by atoms with Gasteiger partial charge in [-0.2, -0.15) is 13.2 Å². The van der Waals surface area contributed by atoms with Gasteiger partial charge in [0.2, 0.25) is 5.91 Å². The molecule has 0 spiro atoms. The molecule has 2 aromatic carbocycles. The van der Waals surface area contributed by atoms with E-state index in [9.17, 15) is 32.3 Å². The first-order valence-electron chi connectivity index (χ1n) is 10.00. The Kier molecular flexibility index (Phi) is 9.93. The van der Waals surface area contributed by atoms with Crippen molar-refractivity contribution in [1.82, 2.24) is 10.6 Å². The lowest BCUT2D eigenvalue weighted by molar-refractivity contribution is -0.137. The smallest absolute Gasteiger partial charge is 0.416 e. The maximum atomic E-state index is 13.3. The fourth-order valence-corrected chi connectivity index (χ4v) is 2.86. The molecule has 11 heteroatoms. The van der Waals surface area contributed by atoms with E-state index < -0.39 is 35.5 Å². The number of carbonyl (C=O) groups excluding carboxylic acids is 2. The molecule has 33 heavy (non-hydrogen) atoms. The van der Waals surface area contributed by atoms with Crippen LogP contribution in [0.1, 0.15) is 24.0 Å². The molecule has 0 bridgehead atoms. The first-order valence-corrected chi connectivity index (χ1v) is 10.4. The quantitative estimate of drug-likeness (QED) is 0.421. The Morgan fingerprint density at radius 2 is 1.70 bits per heavy atom. The van der Waals surface area contributed by atoms with Crippen LogP contribution < -0.4 is 15.4 Å². The maximum absolute atomic E-state index is 13.3. The standard InChI is InChI=1S/C22H23ClF4N2O4/c23-18-6-5-17(12-19(18)24)33-13-21(32)29-10-8-16(30)11-20(31)28-9-7-14-1-3-15(4-2-14)22(25,26)27/h1-6,12,16,30H,7-11,13H2,(H,28,31)(H,29,32). The highest BCUT2D eigenvalue weighted by Gasteiger charge is 2.29. The number of hydrogen-bond donors (Lipinski definition) is 3. The van der Waals surface area contributed by atoms with Crippen LogP contribution >= 0.6 is 11.6 Å². The van der Waals surface area contributed by atoms with Crippen molar-refractivity contribution in [3.63, 3.8) is 0 Å². The van der Waals surface area contributed by atoms with Crippen LogP contribution in [0, 0.1) is 5.82 Å². The van der Waals surface area contributed by atoms with Crippen molar-refractivity contribution in [2.75, 3.05) is 19.7 Å². The SMILES string of the molecule is O=C(COc1ccc(Cl)c(F)c1)NCCC(O)CC(=O)NCCc1ccc(C(F)(F)F)cc1. The van der Waals surface area contributed by atoms with Gasteiger partial charge in [0, 0.05) is 19.2 Å². The number of aliphatic hydroxyl groups excluding tert-OH is 1. The molecule has 2 amide bonds. The van der Waals surface area contributed by atoms with E-state index in [1.165, 1.54) is 24.3 Å². The number of benzene rings is 2. The second kappa shape index (κ2) is 12.4. The van der Waals surface area contributed by atoms with Gasteiger partial charge in [0.1, 0.15) is 11.6 Å². The van der Waals surface area contributed by atoms with E-state index in [1.807, 2.05) is 0 Å². The van der Waals surface area contributed by atoms with Gasteiger partial charge in [-0.05, 0) is 42.7 Å². The second-order valence-corrected chi connectivity index (χ2v) is 7.56. The van der Waals surface area contributed by atoms with Gasteiger partial charge in [0.05, 0.1) is 23.1 Å². The molecule has 0 fully saturated rings. The summed E-state index contributed by atoms with van der Waals surface area (Å²) in [6.07, 6.45) is -5.13. The first-order chi connectivity index (χ1) is 15.5. The highest BCUT2D eigenvalue weighted by molar-refractivity contribution is 6.30. The van der Waals surface area contributed by atoms with Crippen molar-refractivity contribution in [3.05, 3.63) is 64.4 Å². The van der Waals surface area contributed by atoms with Crippen molar-refractivity contribution in [2.24, 2.45) is 0 Å². The summed E-state index contributed by atoms with van der Waals surface area (Å²) in [5.74, 6) is -1.44. The minimum atomic E-state index is -4.40. The third-order valence-corrected chi connectivity index (χ3v) is 4.81. The van der Waals surface area contributed by atoms with E-state index in [0.29, 0.717) is 12.0 Å². The predicted octanol–water partition coefficient (Wildman–Crippen LogP) is 3.49. The Balaban J connectivity index is 1.58. The Morgan fingerprint density at radius 1 is 1.03 bits per heavy atom. The van der Waals surface area contributed by atoms with Crippen LogP contribution in [0.4, 0.5) is 17.6 Å². The van der Waals surface area contributed by atoms with Gasteiger partial charge >= 0.3 is 6.18 Å². The molecular formula is C22H23ClF4N2O4. The summed E-state index contributed by atoms with van der Waals surface area (Å²) >= 11 is 5.56. The lowest BCUT2D eigenvalue weighted by atomic mass is 10.1. The van der Waals surface area contributed by atoms with E-state index in [1.54, 1.807) is 0 Å². The van der Waals surface area contributed by atoms with Gasteiger partial charge in [0.25, 0.3) is 5.91 Å². The van der Waals surface area contributed by atoms with E-state index in [2.05, 4.69) is 10.6 Å². The van der Waals surface area contributed by atoms with E-state index >= 15 is 0 Å². The second-order valence-electron chi connectivity index (χ2n) is 7.16. The van der Waals surface area contributed by atoms with Crippen molar-refractivity contribution in [3.8, 4) is 5.75 Å². The molecule has 1 unspecified atom stereocenters. The minimum Gasteiger partial charge on any atom is -0.484 e. The monoisotopic (exact) mass is 490 g/mol. The maximum Gasteiger partial charge on any atom is 0.416 e. The lowest BCUT2D eigenvalue weighted by Crippen LogP contribution is -2.33. The Hall–Kier alpha value is -2.85. The van der Waals surface area contributed by atoms with Gasteiger partial charge in [-0.1, -0.05) is 23.7 Å². The highest BCUT2D eigenvalue weighted by atomic mass is 35.5. The van der Waals surface area contributed by atoms with Crippen molar-refractivity contribution in [2.45, 2.75) is 31.5 Å². The molecule has 0 aliphatic rings. The summed E-state index contributed by atoms with van der Waals surface area (Å²) in [5.41, 5.74) is -0.106. The molecule has 0 aromatic heterocycles. The Labute approximate surface area is 192 Å². The van der Waals surface area contributed by atoms with E-state index in [-0.39, 0.29) is 43.3 Å². The molecule has 0 aliphatic heterocycles. The zero-order valence-electron chi connectivity index (χ0n) is 17.4. The van der Waals surface area contributed by atoms with Crippen molar-refractivity contribution >= 4 is 23.4 Å². The van der Waals surface area contributed by atoms with Gasteiger partial charge in [0.15, 0.2) is 6.61 Å². The summed E-state index contributed by atoms with van der Waals surface area (Å²) < 4.78 is 56.1. The molecule has 2 aromatic rings. The number of amides is 2. The van der Waals surface area contributed by atoms with Crippen LogP contribution in [-0.2, 0) is 22.2 Å². The molecule has 0 radical (unpaired) electrons. The summed E-state index contributed by atoms with van der Waals surface area (Å²) in [6.45, 7) is -0.0605. The van der Waals surface area contributed by atoms with Gasteiger partial charge < -0.3 is 20.5 Å². The zero-order valence-corrected chi connectivity index (χ0v) is 18.2. The largest absolute Gasteiger partial charge is 0.484 e. The predicted molar refractivity (Wildman–Crippen MR) is 113 cm³/mol. The summed E-state index contributed by atoms with van der Waals surface area (Å²) in [4.78, 5) is 23.6. The summed E-state index contributed by atoms with van der Waals surface area (Å²) in [5, 5.41) is 14.9. The van der Waals surface area contributed by atoms with Crippen LogP contribution in [0.2, 0.25) is 5.02 Å². The number of hydrogen-bond acceptors (Lipinski definition) is 4. The van der Waals surface area contributed by atoms with Crippen molar-refractivity contribution in [1.29, 1.82) is 0 Å². The van der Waals surface area contributed by atoms with Gasteiger partial charge in [-0.25, -0.2) is 4.39 Å². The average molecular weight is 491 g/mol. The number of carbonyl (C=O) groups is 2. The third-order valence-electron chi connectivity index (χ3n) is 4.50. The average Bonchev–Trinajstić information content (AvgIpc) is 2.74. The summed E-state index contributed by atoms with van der Waals surface area (Å²) in [7, 11) is 0. The molecule has 0 aliphatic carbocycles. The lowest BCUT2D eigenvalue weighted by Gasteiger charge is -2.12. The first kappa shape index (κ1) is 26.4. The van der Waals surface area contributed by atoms with Crippen LogP contribution in [0.25, 0.3) is 0 Å². The summed E-state index contributed by atoms with van der Waals surface area (Å²) in [6, 6.07) is 8.42. The normalized spacial score (nSPS) is 12.2. The topological polar surface area (TPSA) is 87.7 Å². The number of aliphatic hydroxyl groups is 1. The van der Waals surface area contributed by atoms with Crippen LogP contribution in [0.3, 0.4) is 0 Å². The third kappa shape index (κ3) is 9.67. The minimum absolute atomic E-state index is 0.0654. The molecule has 3 N–H and O–H groups in total. The molecule has 2 rings (SSSR count). The fourth-order valence-electron chi connectivity index (χ4n) is 2.74. The molecular weight excluding hydrogens is 468 g/mol. The molecule has 1 atom stereocenters.